The van der Waals surface area contributed by atoms with Crippen LogP contribution in [0.15, 0.2) is 61.2 Å². The summed E-state index contributed by atoms with van der Waals surface area (Å²) < 4.78 is 0. The zero-order valence-corrected chi connectivity index (χ0v) is 15.6. The molecule has 3 aromatic rings. The quantitative estimate of drug-likeness (QED) is 0.689. The third-order valence-electron chi connectivity index (χ3n) is 4.73. The summed E-state index contributed by atoms with van der Waals surface area (Å²) in [7, 11) is 1.75. The van der Waals surface area contributed by atoms with Gasteiger partial charge in [0.1, 0.15) is 0 Å². The van der Waals surface area contributed by atoms with Gasteiger partial charge >= 0.3 is 0 Å². The average Bonchev–Trinajstić information content (AvgIpc) is 2.79. The fourth-order valence-electron chi connectivity index (χ4n) is 3.12. The maximum atomic E-state index is 12.6. The Morgan fingerprint density at radius 3 is 1.93 bits per heavy atom. The number of para-hydroxylation sites is 1. The molecular formula is C20H21N7O. The lowest BCUT2D eigenvalue weighted by Gasteiger charge is -2.34. The minimum Gasteiger partial charge on any atom is -0.337 e. The van der Waals surface area contributed by atoms with Crippen LogP contribution < -0.4 is 14.7 Å². The van der Waals surface area contributed by atoms with Crippen LogP contribution in [-0.4, -0.2) is 59.1 Å². The van der Waals surface area contributed by atoms with E-state index in [2.05, 4.69) is 29.7 Å². The highest BCUT2D eigenvalue weighted by molar-refractivity contribution is 6.05. The van der Waals surface area contributed by atoms with Gasteiger partial charge in [0.15, 0.2) is 0 Å². The number of rotatable bonds is 4. The van der Waals surface area contributed by atoms with E-state index in [1.807, 2.05) is 36.4 Å². The van der Waals surface area contributed by atoms with Crippen LogP contribution in [0.2, 0.25) is 0 Å². The van der Waals surface area contributed by atoms with Crippen LogP contribution in [0.25, 0.3) is 0 Å². The molecule has 0 saturated carbocycles. The standard InChI is InChI=1S/C20H21N7O/c1-25(17-6-3-2-4-7-17)18(28)16-14-23-20(24-15-16)27-12-10-26(11-13-27)19-21-8-5-9-22-19/h2-9,14-15H,10-13H2,1H3. The van der Waals surface area contributed by atoms with Gasteiger partial charge in [-0.3, -0.25) is 4.79 Å². The van der Waals surface area contributed by atoms with Crippen molar-refractivity contribution in [2.45, 2.75) is 0 Å². The minimum absolute atomic E-state index is 0.135. The van der Waals surface area contributed by atoms with Gasteiger partial charge in [-0.1, -0.05) is 18.2 Å². The first-order chi connectivity index (χ1) is 13.7. The van der Waals surface area contributed by atoms with Crippen molar-refractivity contribution in [2.24, 2.45) is 0 Å². The Labute approximate surface area is 163 Å². The Bertz CT molecular complexity index is 910. The van der Waals surface area contributed by atoms with Crippen molar-refractivity contribution >= 4 is 23.5 Å². The maximum Gasteiger partial charge on any atom is 0.261 e. The van der Waals surface area contributed by atoms with E-state index >= 15 is 0 Å². The van der Waals surface area contributed by atoms with Crippen molar-refractivity contribution in [2.75, 3.05) is 47.9 Å². The number of amides is 1. The third kappa shape index (κ3) is 3.75. The van der Waals surface area contributed by atoms with E-state index in [-0.39, 0.29) is 5.91 Å². The molecule has 0 bridgehead atoms. The van der Waals surface area contributed by atoms with Gasteiger partial charge in [0.05, 0.1) is 5.56 Å². The molecular weight excluding hydrogens is 354 g/mol. The van der Waals surface area contributed by atoms with Crippen LogP contribution in [0.4, 0.5) is 17.6 Å². The first-order valence-electron chi connectivity index (χ1n) is 9.14. The van der Waals surface area contributed by atoms with E-state index in [1.54, 1.807) is 36.7 Å². The minimum atomic E-state index is -0.135. The summed E-state index contributed by atoms with van der Waals surface area (Å²) in [5.41, 5.74) is 1.29. The van der Waals surface area contributed by atoms with E-state index < -0.39 is 0 Å². The van der Waals surface area contributed by atoms with Gasteiger partial charge in [0.2, 0.25) is 11.9 Å². The molecule has 0 unspecified atom stereocenters. The summed E-state index contributed by atoms with van der Waals surface area (Å²) in [6.07, 6.45) is 6.69. The third-order valence-corrected chi connectivity index (χ3v) is 4.73. The molecule has 0 aliphatic carbocycles. The number of piperazine rings is 1. The lowest BCUT2D eigenvalue weighted by Crippen LogP contribution is -2.47. The van der Waals surface area contributed by atoms with E-state index in [1.165, 1.54) is 0 Å². The number of anilines is 3. The van der Waals surface area contributed by atoms with Crippen molar-refractivity contribution in [3.8, 4) is 0 Å². The van der Waals surface area contributed by atoms with Crippen molar-refractivity contribution in [3.05, 3.63) is 66.7 Å². The summed E-state index contributed by atoms with van der Waals surface area (Å²) in [6.45, 7) is 3.14. The van der Waals surface area contributed by atoms with Crippen LogP contribution in [-0.2, 0) is 0 Å². The molecule has 0 spiro atoms. The topological polar surface area (TPSA) is 78.4 Å². The summed E-state index contributed by atoms with van der Waals surface area (Å²) in [5.74, 6) is 1.24. The van der Waals surface area contributed by atoms with Crippen LogP contribution in [0, 0.1) is 0 Å². The Hall–Kier alpha value is -3.55. The van der Waals surface area contributed by atoms with Gasteiger partial charge in [0.25, 0.3) is 5.91 Å². The van der Waals surface area contributed by atoms with Crippen LogP contribution >= 0.6 is 0 Å². The zero-order valence-electron chi connectivity index (χ0n) is 15.6. The molecule has 8 nitrogen and oxygen atoms in total. The number of aromatic nitrogens is 4. The second kappa shape index (κ2) is 7.99. The number of carbonyl (C=O) groups excluding carboxylic acids is 1. The number of carbonyl (C=O) groups is 1. The fraction of sp³-hybridized carbons (Fsp3) is 0.250. The van der Waals surface area contributed by atoms with Gasteiger partial charge in [-0.25, -0.2) is 19.9 Å². The fourth-order valence-corrected chi connectivity index (χ4v) is 3.12. The average molecular weight is 375 g/mol. The van der Waals surface area contributed by atoms with E-state index in [4.69, 9.17) is 0 Å². The predicted octanol–water partition coefficient (Wildman–Crippen LogP) is 1.87. The van der Waals surface area contributed by atoms with Crippen molar-refractivity contribution in [1.29, 1.82) is 0 Å². The maximum absolute atomic E-state index is 12.6. The molecule has 4 rings (SSSR count). The summed E-state index contributed by atoms with van der Waals surface area (Å²) >= 11 is 0. The second-order valence-electron chi connectivity index (χ2n) is 6.49. The molecule has 0 atom stereocenters. The normalized spacial score (nSPS) is 14.0. The molecule has 1 amide bonds. The molecule has 3 heterocycles. The van der Waals surface area contributed by atoms with Gasteiger partial charge in [-0.15, -0.1) is 0 Å². The molecule has 0 N–H and O–H groups in total. The Kier molecular flexibility index (Phi) is 5.09. The SMILES string of the molecule is CN(C(=O)c1cnc(N2CCN(c3ncccn3)CC2)nc1)c1ccccc1. The molecule has 0 radical (unpaired) electrons. The number of benzene rings is 1. The van der Waals surface area contributed by atoms with Crippen molar-refractivity contribution < 1.29 is 4.79 Å². The first kappa shape index (κ1) is 17.8. The summed E-state index contributed by atoms with van der Waals surface area (Å²) in [6, 6.07) is 11.3. The van der Waals surface area contributed by atoms with Gasteiger partial charge in [-0.05, 0) is 18.2 Å². The summed E-state index contributed by atoms with van der Waals surface area (Å²) in [5, 5.41) is 0. The molecule has 28 heavy (non-hydrogen) atoms. The highest BCUT2D eigenvalue weighted by atomic mass is 16.2. The smallest absolute Gasteiger partial charge is 0.261 e. The lowest BCUT2D eigenvalue weighted by molar-refractivity contribution is 0.0992. The van der Waals surface area contributed by atoms with Crippen LogP contribution in [0.1, 0.15) is 10.4 Å². The molecule has 1 aliphatic rings. The van der Waals surface area contributed by atoms with Crippen molar-refractivity contribution in [1.82, 2.24) is 19.9 Å². The van der Waals surface area contributed by atoms with Gasteiger partial charge in [0, 0.05) is 63.7 Å². The van der Waals surface area contributed by atoms with Crippen LogP contribution in [0.3, 0.4) is 0 Å². The number of hydrogen-bond donors (Lipinski definition) is 0. The molecule has 1 saturated heterocycles. The molecule has 1 aromatic carbocycles. The zero-order chi connectivity index (χ0) is 19.3. The van der Waals surface area contributed by atoms with E-state index in [0.29, 0.717) is 11.5 Å². The number of hydrogen-bond acceptors (Lipinski definition) is 7. The predicted molar refractivity (Wildman–Crippen MR) is 108 cm³/mol. The van der Waals surface area contributed by atoms with E-state index in [0.717, 1.165) is 37.8 Å². The van der Waals surface area contributed by atoms with E-state index in [9.17, 15) is 4.79 Å². The summed E-state index contributed by atoms with van der Waals surface area (Å²) in [4.78, 5) is 35.9. The molecule has 1 fully saturated rings. The monoisotopic (exact) mass is 375 g/mol. The molecule has 8 heteroatoms. The number of nitrogens with zero attached hydrogens (tertiary/aromatic N) is 7. The molecule has 1 aliphatic heterocycles. The molecule has 142 valence electrons. The second-order valence-corrected chi connectivity index (χ2v) is 6.49. The lowest BCUT2D eigenvalue weighted by atomic mass is 10.2. The van der Waals surface area contributed by atoms with Gasteiger partial charge in [-0.2, -0.15) is 0 Å². The highest BCUT2D eigenvalue weighted by Gasteiger charge is 2.21. The molecule has 2 aromatic heterocycles. The Morgan fingerprint density at radius 1 is 0.821 bits per heavy atom. The van der Waals surface area contributed by atoms with Crippen molar-refractivity contribution in [3.63, 3.8) is 0 Å². The largest absolute Gasteiger partial charge is 0.337 e. The first-order valence-corrected chi connectivity index (χ1v) is 9.14. The van der Waals surface area contributed by atoms with Gasteiger partial charge < -0.3 is 14.7 Å². The Morgan fingerprint density at radius 2 is 1.36 bits per heavy atom. The van der Waals surface area contributed by atoms with Crippen LogP contribution in [0.5, 0.6) is 0 Å². The highest BCUT2D eigenvalue weighted by Crippen LogP contribution is 2.17. The Balaban J connectivity index is 1.39.